The molecule has 0 atom stereocenters. The van der Waals surface area contributed by atoms with Gasteiger partial charge in [0.1, 0.15) is 0 Å². The molecule has 0 aromatic heterocycles. The molecule has 0 radical (unpaired) electrons. The Hall–Kier alpha value is -4.59. The van der Waals surface area contributed by atoms with Gasteiger partial charge in [-0.2, -0.15) is 5.10 Å². The zero-order valence-electron chi connectivity index (χ0n) is 19.1. The molecular weight excluding hydrogens is 434 g/mol. The number of hydrogen-bond acceptors (Lipinski definition) is 6. The van der Waals surface area contributed by atoms with E-state index in [1.54, 1.807) is 42.5 Å². The van der Waals surface area contributed by atoms with Crippen molar-refractivity contribution >= 4 is 29.8 Å². The van der Waals surface area contributed by atoms with Crippen LogP contribution in [0.4, 0.5) is 5.69 Å². The Balaban J connectivity index is 1.60. The Morgan fingerprint density at radius 3 is 2.03 bits per heavy atom. The van der Waals surface area contributed by atoms with Gasteiger partial charge >= 0.3 is 0 Å². The molecule has 0 aliphatic carbocycles. The van der Waals surface area contributed by atoms with E-state index in [9.17, 15) is 9.59 Å². The molecule has 174 valence electrons. The van der Waals surface area contributed by atoms with Gasteiger partial charge in [0.15, 0.2) is 11.5 Å². The average molecular weight is 460 g/mol. The number of hydrogen-bond donors (Lipinski definition) is 2. The zero-order valence-corrected chi connectivity index (χ0v) is 19.1. The summed E-state index contributed by atoms with van der Waals surface area (Å²) in [4.78, 5) is 25.0. The number of anilines is 1. The molecule has 2 N–H and O–H groups in total. The number of carbonyl (C=O) groups is 2. The minimum atomic E-state index is -0.369. The van der Waals surface area contributed by atoms with E-state index >= 15 is 0 Å². The van der Waals surface area contributed by atoms with Crippen LogP contribution in [0.25, 0.3) is 6.08 Å². The number of allylic oxidation sites excluding steroid dienone is 1. The number of methoxy groups -OCH3 is 3. The largest absolute Gasteiger partial charge is 0.493 e. The number of ether oxygens (including phenoxy) is 3. The first-order chi connectivity index (χ1) is 16.5. The molecule has 0 fully saturated rings. The predicted molar refractivity (Wildman–Crippen MR) is 132 cm³/mol. The van der Waals surface area contributed by atoms with Gasteiger partial charge in [-0.15, -0.1) is 0 Å². The molecule has 0 aliphatic rings. The van der Waals surface area contributed by atoms with E-state index in [2.05, 4.69) is 15.8 Å². The van der Waals surface area contributed by atoms with Crippen molar-refractivity contribution in [3.05, 3.63) is 89.5 Å². The van der Waals surface area contributed by atoms with Crippen LogP contribution >= 0.6 is 0 Å². The summed E-state index contributed by atoms with van der Waals surface area (Å²) in [6, 6.07) is 19.3. The summed E-state index contributed by atoms with van der Waals surface area (Å²) in [5.41, 5.74) is 4.74. The molecule has 34 heavy (non-hydrogen) atoms. The Morgan fingerprint density at radius 2 is 1.44 bits per heavy atom. The summed E-state index contributed by atoms with van der Waals surface area (Å²) in [5, 5.41) is 6.68. The standard InChI is InChI=1S/C26H25N3O5/c1-32-22-16-20(17-23(33-2)24(22)34-3)25(30)28-21-13-11-19(12-14-21)26(31)29-27-15-7-10-18-8-5-4-6-9-18/h4-17H,1-3H3,(H,28,30)(H,29,31)/b10-7+,27-15-. The van der Waals surface area contributed by atoms with E-state index in [0.717, 1.165) is 5.56 Å². The fourth-order valence-corrected chi connectivity index (χ4v) is 3.04. The molecule has 8 heteroatoms. The maximum atomic E-state index is 12.7. The van der Waals surface area contributed by atoms with Crippen LogP contribution in [0.3, 0.4) is 0 Å². The van der Waals surface area contributed by atoms with Crippen LogP contribution in [0.5, 0.6) is 17.2 Å². The number of carbonyl (C=O) groups excluding carboxylic acids is 2. The molecule has 3 rings (SSSR count). The van der Waals surface area contributed by atoms with Crippen molar-refractivity contribution in [2.45, 2.75) is 0 Å². The molecule has 8 nitrogen and oxygen atoms in total. The molecule has 0 bridgehead atoms. The van der Waals surface area contributed by atoms with Gasteiger partial charge in [-0.05, 0) is 48.0 Å². The molecule has 0 spiro atoms. The highest BCUT2D eigenvalue weighted by Crippen LogP contribution is 2.38. The molecule has 0 aliphatic heterocycles. The van der Waals surface area contributed by atoms with Crippen molar-refractivity contribution < 1.29 is 23.8 Å². The maximum absolute atomic E-state index is 12.7. The lowest BCUT2D eigenvalue weighted by atomic mass is 10.1. The van der Waals surface area contributed by atoms with Crippen molar-refractivity contribution in [3.63, 3.8) is 0 Å². The van der Waals surface area contributed by atoms with Gasteiger partial charge in [-0.3, -0.25) is 9.59 Å². The third-order valence-electron chi connectivity index (χ3n) is 4.75. The second kappa shape index (κ2) is 11.9. The number of rotatable bonds is 9. The fraction of sp³-hybridized carbons (Fsp3) is 0.115. The summed E-state index contributed by atoms with van der Waals surface area (Å²) in [6.45, 7) is 0. The van der Waals surface area contributed by atoms with Crippen molar-refractivity contribution in [1.82, 2.24) is 5.43 Å². The lowest BCUT2D eigenvalue weighted by Gasteiger charge is -2.14. The van der Waals surface area contributed by atoms with Gasteiger partial charge in [0.2, 0.25) is 5.75 Å². The second-order valence-corrected chi connectivity index (χ2v) is 6.93. The maximum Gasteiger partial charge on any atom is 0.271 e. The van der Waals surface area contributed by atoms with Gasteiger partial charge in [0.05, 0.1) is 21.3 Å². The zero-order chi connectivity index (χ0) is 24.3. The van der Waals surface area contributed by atoms with Crippen LogP contribution in [0.1, 0.15) is 26.3 Å². The Bertz CT molecular complexity index is 1160. The molecule has 2 amide bonds. The van der Waals surface area contributed by atoms with Crippen LogP contribution in [0.2, 0.25) is 0 Å². The first-order valence-corrected chi connectivity index (χ1v) is 10.3. The van der Waals surface area contributed by atoms with E-state index in [1.807, 2.05) is 36.4 Å². The smallest absolute Gasteiger partial charge is 0.271 e. The second-order valence-electron chi connectivity index (χ2n) is 6.93. The number of nitrogens with zero attached hydrogens (tertiary/aromatic N) is 1. The lowest BCUT2D eigenvalue weighted by Crippen LogP contribution is -2.17. The molecule has 3 aromatic carbocycles. The number of nitrogens with one attached hydrogen (secondary N) is 2. The predicted octanol–water partition coefficient (Wildman–Crippen LogP) is 4.39. The van der Waals surface area contributed by atoms with Crippen LogP contribution in [-0.4, -0.2) is 39.4 Å². The quantitative estimate of drug-likeness (QED) is 0.365. The van der Waals surface area contributed by atoms with E-state index in [1.165, 1.54) is 27.5 Å². The Labute approximate surface area is 197 Å². The van der Waals surface area contributed by atoms with Gasteiger partial charge in [0.25, 0.3) is 11.8 Å². The fourth-order valence-electron chi connectivity index (χ4n) is 3.04. The van der Waals surface area contributed by atoms with E-state index in [-0.39, 0.29) is 11.8 Å². The summed E-state index contributed by atoms with van der Waals surface area (Å²) < 4.78 is 15.8. The van der Waals surface area contributed by atoms with Crippen LogP contribution in [0.15, 0.2) is 77.9 Å². The van der Waals surface area contributed by atoms with Gasteiger partial charge in [-0.1, -0.05) is 36.4 Å². The van der Waals surface area contributed by atoms with Crippen molar-refractivity contribution in [2.24, 2.45) is 5.10 Å². The van der Waals surface area contributed by atoms with Crippen molar-refractivity contribution in [2.75, 3.05) is 26.6 Å². The van der Waals surface area contributed by atoms with Crippen LogP contribution in [-0.2, 0) is 0 Å². The molecule has 0 saturated heterocycles. The molecule has 3 aromatic rings. The summed E-state index contributed by atoms with van der Waals surface area (Å²) >= 11 is 0. The van der Waals surface area contributed by atoms with E-state index in [4.69, 9.17) is 14.2 Å². The first kappa shape index (κ1) is 24.1. The van der Waals surface area contributed by atoms with Gasteiger partial charge in [-0.25, -0.2) is 5.43 Å². The number of benzene rings is 3. The molecular formula is C26H25N3O5. The number of hydrazone groups is 1. The monoisotopic (exact) mass is 459 g/mol. The first-order valence-electron chi connectivity index (χ1n) is 10.3. The normalized spacial score (nSPS) is 10.8. The number of amides is 2. The van der Waals surface area contributed by atoms with Crippen LogP contribution < -0.4 is 25.0 Å². The van der Waals surface area contributed by atoms with E-state index in [0.29, 0.717) is 34.1 Å². The SMILES string of the molecule is COc1cc(C(=O)Nc2ccc(C(=O)N/N=C\C=C\c3ccccc3)cc2)cc(OC)c1OC. The third-order valence-corrected chi connectivity index (χ3v) is 4.75. The van der Waals surface area contributed by atoms with E-state index < -0.39 is 0 Å². The third kappa shape index (κ3) is 6.23. The Kier molecular flexibility index (Phi) is 8.40. The van der Waals surface area contributed by atoms with Gasteiger partial charge < -0.3 is 19.5 Å². The molecule has 0 heterocycles. The average Bonchev–Trinajstić information content (AvgIpc) is 2.88. The van der Waals surface area contributed by atoms with Crippen molar-refractivity contribution in [3.8, 4) is 17.2 Å². The highest BCUT2D eigenvalue weighted by atomic mass is 16.5. The topological polar surface area (TPSA) is 98.2 Å². The highest BCUT2D eigenvalue weighted by Gasteiger charge is 2.17. The summed E-state index contributed by atoms with van der Waals surface area (Å²) in [5.74, 6) is 0.407. The molecule has 0 saturated carbocycles. The van der Waals surface area contributed by atoms with Crippen LogP contribution in [0, 0.1) is 0 Å². The molecule has 0 unspecified atom stereocenters. The Morgan fingerprint density at radius 1 is 0.794 bits per heavy atom. The summed E-state index contributed by atoms with van der Waals surface area (Å²) in [7, 11) is 4.45. The highest BCUT2D eigenvalue weighted by molar-refractivity contribution is 6.05. The summed E-state index contributed by atoms with van der Waals surface area (Å²) in [6.07, 6.45) is 5.11. The van der Waals surface area contributed by atoms with Gasteiger partial charge in [0, 0.05) is 23.0 Å². The minimum Gasteiger partial charge on any atom is -0.493 e. The van der Waals surface area contributed by atoms with Crippen molar-refractivity contribution in [1.29, 1.82) is 0 Å². The lowest BCUT2D eigenvalue weighted by molar-refractivity contribution is 0.0954. The minimum absolute atomic E-state index is 0.328.